The molecule has 2 aromatic rings. The van der Waals surface area contributed by atoms with Crippen molar-refractivity contribution in [2.75, 3.05) is 13.1 Å². The number of fused-ring (bicyclic) bond motifs is 2. The highest BCUT2D eigenvalue weighted by molar-refractivity contribution is 5.95. The molecule has 3 aliphatic rings. The number of hydrogen-bond acceptors (Lipinski definition) is 5. The zero-order chi connectivity index (χ0) is 26.6. The molecule has 0 saturated carbocycles. The number of carbonyl (C=O) groups excluding carboxylic acids is 4. The summed E-state index contributed by atoms with van der Waals surface area (Å²) in [5, 5.41) is 13.4. The number of rotatable bonds is 4. The lowest BCUT2D eigenvalue weighted by Crippen LogP contribution is -2.54. The standard InChI is InChI=1S/C30H35N3O5/c34-24-16-22(14-20-8-3-1-4-9-20)29(37)32-13-7-12-26(32)30(38)33-19-25(35)18-27(33)28(36)31-23(17-24)15-21-10-5-2-6-11-21/h1-6,8-11,22-23,25-27,35H,7,12-19H2,(H,31,36). The zero-order valence-corrected chi connectivity index (χ0v) is 21.5. The first kappa shape index (κ1) is 26.1. The van der Waals surface area contributed by atoms with Gasteiger partial charge < -0.3 is 20.2 Å². The lowest BCUT2D eigenvalue weighted by Gasteiger charge is -2.32. The minimum Gasteiger partial charge on any atom is -0.391 e. The largest absolute Gasteiger partial charge is 0.391 e. The Hall–Kier alpha value is -3.52. The number of nitrogens with one attached hydrogen (secondary N) is 1. The monoisotopic (exact) mass is 517 g/mol. The molecule has 3 amide bonds. The van der Waals surface area contributed by atoms with E-state index in [0.717, 1.165) is 11.1 Å². The van der Waals surface area contributed by atoms with Gasteiger partial charge >= 0.3 is 0 Å². The van der Waals surface area contributed by atoms with Gasteiger partial charge in [0.15, 0.2) is 0 Å². The average Bonchev–Trinajstić information content (AvgIpc) is 3.55. The van der Waals surface area contributed by atoms with Gasteiger partial charge in [-0.2, -0.15) is 0 Å². The second kappa shape index (κ2) is 11.5. The predicted molar refractivity (Wildman–Crippen MR) is 141 cm³/mol. The van der Waals surface area contributed by atoms with Crippen molar-refractivity contribution in [3.05, 3.63) is 71.8 Å². The van der Waals surface area contributed by atoms with Gasteiger partial charge in [0.2, 0.25) is 17.7 Å². The maximum atomic E-state index is 13.9. The van der Waals surface area contributed by atoms with Crippen molar-refractivity contribution >= 4 is 23.5 Å². The maximum absolute atomic E-state index is 13.9. The molecule has 5 atom stereocenters. The van der Waals surface area contributed by atoms with Gasteiger partial charge in [0.1, 0.15) is 17.9 Å². The number of hydrogen-bond donors (Lipinski definition) is 2. The van der Waals surface area contributed by atoms with Crippen molar-refractivity contribution in [1.82, 2.24) is 15.1 Å². The van der Waals surface area contributed by atoms with Crippen LogP contribution in [0.2, 0.25) is 0 Å². The van der Waals surface area contributed by atoms with Gasteiger partial charge in [0.05, 0.1) is 6.10 Å². The summed E-state index contributed by atoms with van der Waals surface area (Å²) in [7, 11) is 0. The molecule has 200 valence electrons. The molecule has 0 aliphatic carbocycles. The Bertz CT molecular complexity index is 1170. The summed E-state index contributed by atoms with van der Waals surface area (Å²) in [5.74, 6) is -1.53. The molecule has 8 heteroatoms. The molecule has 3 saturated heterocycles. The number of ketones is 1. The van der Waals surface area contributed by atoms with E-state index < -0.39 is 30.1 Å². The fourth-order valence-electron chi connectivity index (χ4n) is 6.17. The van der Waals surface area contributed by atoms with E-state index in [2.05, 4.69) is 5.32 Å². The van der Waals surface area contributed by atoms with E-state index in [1.165, 1.54) is 4.90 Å². The van der Waals surface area contributed by atoms with Gasteiger partial charge in [0, 0.05) is 44.3 Å². The highest BCUT2D eigenvalue weighted by atomic mass is 16.3. The van der Waals surface area contributed by atoms with Crippen LogP contribution in [0, 0.1) is 5.92 Å². The molecule has 3 fully saturated rings. The van der Waals surface area contributed by atoms with Crippen LogP contribution in [0.25, 0.3) is 0 Å². The molecule has 2 aromatic carbocycles. The maximum Gasteiger partial charge on any atom is 0.246 e. The van der Waals surface area contributed by atoms with Gasteiger partial charge in [-0.1, -0.05) is 60.7 Å². The third-order valence-corrected chi connectivity index (χ3v) is 7.98. The van der Waals surface area contributed by atoms with Crippen LogP contribution in [-0.2, 0) is 32.0 Å². The Labute approximate surface area is 223 Å². The Morgan fingerprint density at radius 3 is 2.13 bits per heavy atom. The highest BCUT2D eigenvalue weighted by Gasteiger charge is 2.46. The van der Waals surface area contributed by atoms with Crippen molar-refractivity contribution in [3.8, 4) is 0 Å². The molecule has 5 rings (SSSR count). The third-order valence-electron chi connectivity index (χ3n) is 7.98. The van der Waals surface area contributed by atoms with Crippen LogP contribution in [0.5, 0.6) is 0 Å². The van der Waals surface area contributed by atoms with E-state index >= 15 is 0 Å². The molecule has 38 heavy (non-hydrogen) atoms. The Kier molecular flexibility index (Phi) is 7.88. The van der Waals surface area contributed by atoms with Crippen LogP contribution in [0.15, 0.2) is 60.7 Å². The van der Waals surface area contributed by atoms with E-state index in [4.69, 9.17) is 0 Å². The molecule has 0 radical (unpaired) electrons. The third kappa shape index (κ3) is 5.80. The van der Waals surface area contributed by atoms with Gasteiger partial charge in [-0.25, -0.2) is 0 Å². The summed E-state index contributed by atoms with van der Waals surface area (Å²) in [4.78, 5) is 57.6. The molecule has 8 nitrogen and oxygen atoms in total. The number of nitrogens with zero attached hydrogens (tertiary/aromatic N) is 2. The molecule has 3 heterocycles. The predicted octanol–water partition coefficient (Wildman–Crippen LogP) is 1.89. The average molecular weight is 518 g/mol. The minimum absolute atomic E-state index is 0.0537. The van der Waals surface area contributed by atoms with Crippen LogP contribution in [0.4, 0.5) is 0 Å². The molecule has 0 bridgehead atoms. The van der Waals surface area contributed by atoms with Gasteiger partial charge in [-0.15, -0.1) is 0 Å². The summed E-state index contributed by atoms with van der Waals surface area (Å²) in [6.07, 6.45) is 1.52. The molecule has 3 aliphatic heterocycles. The molecule has 5 unspecified atom stereocenters. The SMILES string of the molecule is O=C1CC(Cc2ccccc2)NC(=O)C2CC(O)CN2C(=O)C2CCCN2C(=O)C(Cc2ccccc2)C1. The second-order valence-electron chi connectivity index (χ2n) is 10.8. The molecular weight excluding hydrogens is 482 g/mol. The number of aliphatic hydroxyl groups is 1. The Morgan fingerprint density at radius 1 is 0.789 bits per heavy atom. The smallest absolute Gasteiger partial charge is 0.246 e. The minimum atomic E-state index is -0.829. The van der Waals surface area contributed by atoms with Gasteiger partial charge in [-0.05, 0) is 36.8 Å². The Balaban J connectivity index is 1.48. The molecule has 0 spiro atoms. The first-order chi connectivity index (χ1) is 18.4. The van der Waals surface area contributed by atoms with Crippen LogP contribution >= 0.6 is 0 Å². The normalized spacial score (nSPS) is 28.7. The molecule has 2 N–H and O–H groups in total. The van der Waals surface area contributed by atoms with E-state index in [1.54, 1.807) is 4.90 Å². The van der Waals surface area contributed by atoms with Crippen LogP contribution in [0.1, 0.15) is 43.2 Å². The van der Waals surface area contributed by atoms with Crippen molar-refractivity contribution in [1.29, 1.82) is 0 Å². The van der Waals surface area contributed by atoms with Crippen LogP contribution in [-0.4, -0.2) is 75.7 Å². The zero-order valence-electron chi connectivity index (χ0n) is 21.5. The fraction of sp³-hybridized carbons (Fsp3) is 0.467. The fourth-order valence-corrected chi connectivity index (χ4v) is 6.17. The van der Waals surface area contributed by atoms with E-state index in [0.29, 0.717) is 32.2 Å². The summed E-state index contributed by atoms with van der Waals surface area (Å²) in [5.41, 5.74) is 1.94. The summed E-state index contributed by atoms with van der Waals surface area (Å²) < 4.78 is 0. The van der Waals surface area contributed by atoms with Crippen molar-refractivity contribution in [3.63, 3.8) is 0 Å². The first-order valence-electron chi connectivity index (χ1n) is 13.6. The van der Waals surface area contributed by atoms with E-state index in [9.17, 15) is 24.3 Å². The lowest BCUT2D eigenvalue weighted by molar-refractivity contribution is -0.148. The highest BCUT2D eigenvalue weighted by Crippen LogP contribution is 2.29. The van der Waals surface area contributed by atoms with E-state index in [-0.39, 0.29) is 49.3 Å². The van der Waals surface area contributed by atoms with Gasteiger partial charge in [-0.3, -0.25) is 19.2 Å². The quantitative estimate of drug-likeness (QED) is 0.644. The van der Waals surface area contributed by atoms with Crippen LogP contribution in [0.3, 0.4) is 0 Å². The van der Waals surface area contributed by atoms with Gasteiger partial charge in [0.25, 0.3) is 0 Å². The molecular formula is C30H35N3O5. The molecule has 0 aromatic heterocycles. The number of Topliss-reactive ketones (excluding diaryl/α,β-unsaturated/α-hetero) is 1. The van der Waals surface area contributed by atoms with Crippen LogP contribution < -0.4 is 5.32 Å². The van der Waals surface area contributed by atoms with Crippen molar-refractivity contribution in [2.24, 2.45) is 5.92 Å². The second-order valence-corrected chi connectivity index (χ2v) is 10.8. The Morgan fingerprint density at radius 2 is 1.45 bits per heavy atom. The summed E-state index contributed by atoms with van der Waals surface area (Å²) in [6, 6.07) is 17.2. The lowest BCUT2D eigenvalue weighted by atomic mass is 9.90. The van der Waals surface area contributed by atoms with Crippen molar-refractivity contribution < 1.29 is 24.3 Å². The number of benzene rings is 2. The summed E-state index contributed by atoms with van der Waals surface area (Å²) in [6.45, 7) is 0.504. The number of carbonyl (C=O) groups is 4. The summed E-state index contributed by atoms with van der Waals surface area (Å²) >= 11 is 0. The topological polar surface area (TPSA) is 107 Å². The van der Waals surface area contributed by atoms with Crippen molar-refractivity contribution in [2.45, 2.75) is 69.2 Å². The first-order valence-corrected chi connectivity index (χ1v) is 13.6. The van der Waals surface area contributed by atoms with E-state index in [1.807, 2.05) is 60.7 Å². The number of aliphatic hydroxyl groups excluding tert-OH is 1. The number of amides is 3.